The van der Waals surface area contributed by atoms with E-state index in [2.05, 4.69) is 14.9 Å². The summed E-state index contributed by atoms with van der Waals surface area (Å²) in [5, 5.41) is 4.35. The highest BCUT2D eigenvalue weighted by Crippen LogP contribution is 2.33. The topological polar surface area (TPSA) is 124 Å². The van der Waals surface area contributed by atoms with Crippen LogP contribution in [0.3, 0.4) is 0 Å². The van der Waals surface area contributed by atoms with Crippen LogP contribution in [0.25, 0.3) is 33.6 Å². The van der Waals surface area contributed by atoms with Crippen molar-refractivity contribution in [3.8, 4) is 11.5 Å². The molecule has 5 aromatic rings. The van der Waals surface area contributed by atoms with E-state index in [-0.39, 0.29) is 35.5 Å². The van der Waals surface area contributed by atoms with Gasteiger partial charge in [0.05, 0.1) is 34.2 Å². The number of nitrogens with one attached hydrogen (secondary N) is 1. The number of nitrogens with two attached hydrogens (primary N) is 1. The van der Waals surface area contributed by atoms with Gasteiger partial charge < -0.3 is 25.1 Å². The van der Waals surface area contributed by atoms with Crippen LogP contribution in [-0.4, -0.2) is 59.4 Å². The fourth-order valence-electron chi connectivity index (χ4n) is 7.03. The Kier molecular flexibility index (Phi) is 8.21. The summed E-state index contributed by atoms with van der Waals surface area (Å²) < 4.78 is 19.7. The van der Waals surface area contributed by atoms with Crippen molar-refractivity contribution < 1.29 is 14.0 Å². The van der Waals surface area contributed by atoms with Gasteiger partial charge in [0.1, 0.15) is 22.1 Å². The third-order valence-corrected chi connectivity index (χ3v) is 9.95. The lowest BCUT2D eigenvalue weighted by atomic mass is 9.97. The van der Waals surface area contributed by atoms with Crippen LogP contribution in [0.4, 0.5) is 4.39 Å². The molecule has 2 amide bonds. The number of piperidine rings is 1. The molecule has 244 valence electrons. The molecule has 0 unspecified atom stereocenters. The monoisotopic (exact) mass is 656 g/mol. The first-order valence-corrected chi connectivity index (χ1v) is 16.7. The Labute approximate surface area is 277 Å². The predicted octanol–water partition coefficient (Wildman–Crippen LogP) is 5.95. The molecule has 1 saturated heterocycles. The van der Waals surface area contributed by atoms with Gasteiger partial charge in [0.25, 0.3) is 11.8 Å². The van der Waals surface area contributed by atoms with Gasteiger partial charge in [0, 0.05) is 43.2 Å². The number of likely N-dealkylation sites (tertiary alicyclic amines) is 1. The Morgan fingerprint density at radius 3 is 2.68 bits per heavy atom. The Bertz CT molecular complexity index is 2040. The summed E-state index contributed by atoms with van der Waals surface area (Å²) in [6.45, 7) is 5.10. The molecule has 3 atom stereocenters. The van der Waals surface area contributed by atoms with Crippen LogP contribution in [0.15, 0.2) is 42.5 Å². The number of rotatable bonds is 2. The van der Waals surface area contributed by atoms with Gasteiger partial charge in [0.2, 0.25) is 0 Å². The number of carbonyl (C=O) groups excluding carboxylic acids is 2. The second kappa shape index (κ2) is 12.4. The highest BCUT2D eigenvalue weighted by molar-refractivity contribution is 6.29. The number of imidazole rings is 1. The first kappa shape index (κ1) is 31.3. The van der Waals surface area contributed by atoms with E-state index < -0.39 is 5.82 Å². The van der Waals surface area contributed by atoms with Gasteiger partial charge >= 0.3 is 0 Å². The maximum atomic E-state index is 15.8. The van der Waals surface area contributed by atoms with E-state index in [1.165, 1.54) is 6.07 Å². The number of nitrogens with zero attached hydrogens (tertiary/aromatic N) is 6. The van der Waals surface area contributed by atoms with E-state index >= 15 is 4.39 Å². The minimum Gasteiger partial charge on any atom is -0.344 e. The largest absolute Gasteiger partial charge is 0.344 e. The van der Waals surface area contributed by atoms with Crippen LogP contribution in [0.2, 0.25) is 5.15 Å². The Balaban J connectivity index is 1.28. The molecular formula is C35H38ClFN8O2. The van der Waals surface area contributed by atoms with E-state index in [0.29, 0.717) is 58.5 Å². The SMILES string of the molecule is C[C@@H]1[C@H](N)CCCN1C(=O)c1cc(F)c2c(c1)nc(-c1cc3ccc4nc3n1CCCCCc1nc(Cl)ccc1C(=O)N[C@@H]4C)n2C. The summed E-state index contributed by atoms with van der Waals surface area (Å²) in [6, 6.07) is 11.7. The Morgan fingerprint density at radius 1 is 1.02 bits per heavy atom. The van der Waals surface area contributed by atoms with Crippen LogP contribution in [0, 0.1) is 5.82 Å². The van der Waals surface area contributed by atoms with Crippen molar-refractivity contribution in [2.24, 2.45) is 12.8 Å². The van der Waals surface area contributed by atoms with Crippen molar-refractivity contribution in [3.05, 3.63) is 75.9 Å². The minimum atomic E-state index is -0.503. The maximum Gasteiger partial charge on any atom is 0.254 e. The number of hydrogen-bond donors (Lipinski definition) is 2. The zero-order valence-electron chi connectivity index (χ0n) is 26.8. The fraction of sp³-hybridized carbons (Fsp3) is 0.400. The smallest absolute Gasteiger partial charge is 0.254 e. The quantitative estimate of drug-likeness (QED) is 0.227. The average Bonchev–Trinajstić information content (AvgIpc) is 3.58. The van der Waals surface area contributed by atoms with E-state index in [4.69, 9.17) is 27.3 Å². The van der Waals surface area contributed by atoms with Gasteiger partial charge in [-0.25, -0.2) is 19.3 Å². The lowest BCUT2D eigenvalue weighted by molar-refractivity contribution is 0.0604. The molecule has 10 nitrogen and oxygen atoms in total. The van der Waals surface area contributed by atoms with Crippen molar-refractivity contribution in [2.45, 2.75) is 77.0 Å². The summed E-state index contributed by atoms with van der Waals surface area (Å²) >= 11 is 6.19. The molecule has 2 aliphatic heterocycles. The summed E-state index contributed by atoms with van der Waals surface area (Å²) in [6.07, 6.45) is 4.85. The van der Waals surface area contributed by atoms with Gasteiger partial charge in [-0.3, -0.25) is 9.59 Å². The first-order valence-electron chi connectivity index (χ1n) is 16.3. The Hall–Kier alpha value is -4.35. The zero-order valence-corrected chi connectivity index (χ0v) is 27.5. The average molecular weight is 657 g/mol. The second-order valence-electron chi connectivity index (χ2n) is 12.8. The lowest BCUT2D eigenvalue weighted by Gasteiger charge is -2.37. The second-order valence-corrected chi connectivity index (χ2v) is 13.2. The molecule has 2 bridgehead atoms. The molecule has 7 rings (SSSR count). The van der Waals surface area contributed by atoms with Gasteiger partial charge in [0.15, 0.2) is 5.82 Å². The highest BCUT2D eigenvalue weighted by atomic mass is 35.5. The number of amides is 2. The summed E-state index contributed by atoms with van der Waals surface area (Å²) in [4.78, 5) is 42.9. The van der Waals surface area contributed by atoms with Crippen molar-refractivity contribution in [3.63, 3.8) is 0 Å². The van der Waals surface area contributed by atoms with Gasteiger partial charge in [-0.1, -0.05) is 18.0 Å². The third kappa shape index (κ3) is 5.65. The number of pyridine rings is 2. The Morgan fingerprint density at radius 2 is 1.85 bits per heavy atom. The molecular weight excluding hydrogens is 619 g/mol. The van der Waals surface area contributed by atoms with E-state index in [9.17, 15) is 9.59 Å². The number of aryl methyl sites for hydroxylation is 3. The maximum absolute atomic E-state index is 15.8. The highest BCUT2D eigenvalue weighted by Gasteiger charge is 2.31. The van der Waals surface area contributed by atoms with Crippen LogP contribution in [-0.2, 0) is 20.0 Å². The molecule has 1 aromatic carbocycles. The van der Waals surface area contributed by atoms with E-state index in [1.807, 2.05) is 32.0 Å². The molecule has 47 heavy (non-hydrogen) atoms. The first-order chi connectivity index (χ1) is 22.6. The molecule has 3 N–H and O–H groups in total. The molecule has 4 aromatic heterocycles. The van der Waals surface area contributed by atoms with Crippen LogP contribution in [0.1, 0.15) is 84.1 Å². The van der Waals surface area contributed by atoms with E-state index in [1.54, 1.807) is 34.7 Å². The third-order valence-electron chi connectivity index (χ3n) is 9.74. The van der Waals surface area contributed by atoms with Crippen molar-refractivity contribution >= 4 is 45.5 Å². The number of carbonyl (C=O) groups is 2. The number of halogens is 2. The van der Waals surface area contributed by atoms with Gasteiger partial charge in [-0.2, -0.15) is 0 Å². The fourth-order valence-corrected chi connectivity index (χ4v) is 7.19. The molecule has 0 saturated carbocycles. The van der Waals surface area contributed by atoms with Crippen molar-refractivity contribution in [1.82, 2.24) is 34.3 Å². The lowest BCUT2D eigenvalue weighted by Crippen LogP contribution is -2.52. The molecule has 0 spiro atoms. The summed E-state index contributed by atoms with van der Waals surface area (Å²) in [5.41, 5.74) is 10.7. The van der Waals surface area contributed by atoms with Crippen LogP contribution < -0.4 is 11.1 Å². The number of benzene rings is 1. The molecule has 12 heteroatoms. The molecule has 1 fully saturated rings. The molecule has 6 heterocycles. The number of hydrogen-bond acceptors (Lipinski definition) is 6. The van der Waals surface area contributed by atoms with Gasteiger partial charge in [-0.15, -0.1) is 0 Å². The standard InChI is InChI=1S/C35H38ClFN8O2/c1-19-26-12-10-21-18-29(45(32(21)41-26)14-6-4-5-9-27-23(34(46)39-19)11-13-30(36)40-27)33-42-28-17-22(16-24(37)31(28)43(33)3)35(47)44-15-7-8-25(38)20(44)2/h10-13,16-20,25H,4-9,14-15,38H2,1-3H3,(H,39,46)/t19-,20-,25-/m1/s1. The molecule has 0 aliphatic carbocycles. The zero-order chi connectivity index (χ0) is 33.0. The van der Waals surface area contributed by atoms with E-state index in [0.717, 1.165) is 48.8 Å². The summed E-state index contributed by atoms with van der Waals surface area (Å²) in [7, 11) is 1.79. The predicted molar refractivity (Wildman–Crippen MR) is 180 cm³/mol. The molecule has 2 aliphatic rings. The van der Waals surface area contributed by atoms with Gasteiger partial charge in [-0.05, 0) is 88.4 Å². The number of aromatic nitrogens is 5. The van der Waals surface area contributed by atoms with Crippen LogP contribution in [0.5, 0.6) is 0 Å². The van der Waals surface area contributed by atoms with Crippen molar-refractivity contribution in [2.75, 3.05) is 6.54 Å². The summed E-state index contributed by atoms with van der Waals surface area (Å²) in [5.74, 6) is -0.381. The number of fused-ring (bicyclic) bond motifs is 3. The van der Waals surface area contributed by atoms with Crippen LogP contribution >= 0.6 is 11.6 Å². The minimum absolute atomic E-state index is 0.105. The normalized spacial score (nSPS) is 20.8. The van der Waals surface area contributed by atoms with Crippen molar-refractivity contribution in [1.29, 1.82) is 0 Å². The molecule has 0 radical (unpaired) electrons.